The van der Waals surface area contributed by atoms with Gasteiger partial charge >= 0.3 is 0 Å². The zero-order valence-corrected chi connectivity index (χ0v) is 13.7. The number of hydrogen-bond acceptors (Lipinski definition) is 6. The Kier molecular flexibility index (Phi) is 4.42. The van der Waals surface area contributed by atoms with Gasteiger partial charge < -0.3 is 24.8 Å². The molecule has 0 saturated heterocycles. The summed E-state index contributed by atoms with van der Waals surface area (Å²) in [6.45, 7) is 1.25. The molecule has 0 aliphatic carbocycles. The van der Waals surface area contributed by atoms with E-state index in [1.165, 1.54) is 12.1 Å². The number of aliphatic hydroxyl groups excluding tert-OH is 1. The van der Waals surface area contributed by atoms with E-state index in [4.69, 9.17) is 4.42 Å². The lowest BCUT2D eigenvalue weighted by Gasteiger charge is -2.14. The van der Waals surface area contributed by atoms with Crippen LogP contribution >= 0.6 is 0 Å². The van der Waals surface area contributed by atoms with Crippen LogP contribution < -0.4 is 10.7 Å². The van der Waals surface area contributed by atoms with E-state index in [1.807, 2.05) is 19.0 Å². The molecule has 0 fully saturated rings. The molecule has 1 heterocycles. The molecule has 6 heteroatoms. The Morgan fingerprint density at radius 1 is 1.21 bits per heavy atom. The van der Waals surface area contributed by atoms with Gasteiger partial charge in [-0.25, -0.2) is 0 Å². The van der Waals surface area contributed by atoms with Gasteiger partial charge in [-0.2, -0.15) is 0 Å². The van der Waals surface area contributed by atoms with Crippen molar-refractivity contribution in [3.8, 4) is 5.75 Å². The minimum absolute atomic E-state index is 0.00887. The number of aliphatic hydroxyl groups is 1. The predicted octanol–water partition coefficient (Wildman–Crippen LogP) is 2.12. The summed E-state index contributed by atoms with van der Waals surface area (Å²) in [4.78, 5) is 15.0. The monoisotopic (exact) mass is 328 g/mol. The van der Waals surface area contributed by atoms with Crippen LogP contribution in [0.4, 0.5) is 5.69 Å². The third-order valence-electron chi connectivity index (χ3n) is 3.93. The first-order valence-corrected chi connectivity index (χ1v) is 7.72. The van der Waals surface area contributed by atoms with Crippen molar-refractivity contribution in [2.75, 3.05) is 32.5 Å². The van der Waals surface area contributed by atoms with Crippen LogP contribution in [-0.4, -0.2) is 42.3 Å². The number of aromatic hydroxyl groups is 1. The fourth-order valence-electron chi connectivity index (χ4n) is 2.68. The molecule has 0 spiro atoms. The van der Waals surface area contributed by atoms with E-state index in [0.717, 1.165) is 6.54 Å². The van der Waals surface area contributed by atoms with Crippen LogP contribution in [0.5, 0.6) is 5.75 Å². The molecule has 0 saturated carbocycles. The Hall–Kier alpha value is -2.57. The van der Waals surface area contributed by atoms with Gasteiger partial charge in [0.15, 0.2) is 0 Å². The van der Waals surface area contributed by atoms with Crippen LogP contribution in [0.1, 0.15) is 5.56 Å². The molecular formula is C18H20N2O4. The number of rotatable bonds is 5. The van der Waals surface area contributed by atoms with Gasteiger partial charge in [0.25, 0.3) is 0 Å². The molecule has 6 nitrogen and oxygen atoms in total. The van der Waals surface area contributed by atoms with Crippen molar-refractivity contribution in [1.29, 1.82) is 0 Å². The van der Waals surface area contributed by atoms with Gasteiger partial charge in [0.1, 0.15) is 16.9 Å². The van der Waals surface area contributed by atoms with Gasteiger partial charge in [0.2, 0.25) is 5.43 Å². The van der Waals surface area contributed by atoms with Crippen LogP contribution in [0.2, 0.25) is 0 Å². The Morgan fingerprint density at radius 2 is 2.00 bits per heavy atom. The molecule has 0 bridgehead atoms. The van der Waals surface area contributed by atoms with Gasteiger partial charge in [-0.3, -0.25) is 4.79 Å². The molecule has 1 aromatic heterocycles. The predicted molar refractivity (Wildman–Crippen MR) is 94.6 cm³/mol. The Bertz CT molecular complexity index is 947. The number of phenols is 1. The SMILES string of the molecule is CN(C)CCNc1ccc(CO)c2oc3ccc(O)cc3c(=O)c12. The van der Waals surface area contributed by atoms with Crippen molar-refractivity contribution in [3.63, 3.8) is 0 Å². The number of nitrogens with one attached hydrogen (secondary N) is 1. The van der Waals surface area contributed by atoms with E-state index in [9.17, 15) is 15.0 Å². The number of phenolic OH excluding ortho intramolecular Hbond substituents is 1. The smallest absolute Gasteiger partial charge is 0.202 e. The molecule has 126 valence electrons. The molecule has 0 atom stereocenters. The summed E-state index contributed by atoms with van der Waals surface area (Å²) in [5.74, 6) is 0.00887. The van der Waals surface area contributed by atoms with E-state index in [1.54, 1.807) is 18.2 Å². The summed E-state index contributed by atoms with van der Waals surface area (Å²) in [5, 5.41) is 23.2. The molecule has 2 aromatic carbocycles. The van der Waals surface area contributed by atoms with Gasteiger partial charge in [-0.1, -0.05) is 6.07 Å². The molecule has 3 aromatic rings. The maximum Gasteiger partial charge on any atom is 0.202 e. The van der Waals surface area contributed by atoms with Crippen LogP contribution in [-0.2, 0) is 6.61 Å². The minimum Gasteiger partial charge on any atom is -0.508 e. The molecule has 0 aliphatic heterocycles. The standard InChI is InChI=1S/C18H20N2O4/c1-20(2)8-7-19-14-5-3-11(10-21)18-16(14)17(23)13-9-12(22)4-6-15(13)24-18/h3-6,9,19,21-22H,7-8,10H2,1-2H3. The molecule has 0 aliphatic rings. The van der Waals surface area contributed by atoms with Crippen molar-refractivity contribution < 1.29 is 14.6 Å². The highest BCUT2D eigenvalue weighted by atomic mass is 16.3. The number of fused-ring (bicyclic) bond motifs is 2. The summed E-state index contributed by atoms with van der Waals surface area (Å²) in [6, 6.07) is 7.94. The zero-order chi connectivity index (χ0) is 17.3. The topological polar surface area (TPSA) is 85.9 Å². The average Bonchev–Trinajstić information content (AvgIpc) is 2.55. The van der Waals surface area contributed by atoms with E-state index in [2.05, 4.69) is 5.32 Å². The number of anilines is 1. The van der Waals surface area contributed by atoms with Crippen molar-refractivity contribution in [1.82, 2.24) is 4.90 Å². The lowest BCUT2D eigenvalue weighted by molar-refractivity contribution is 0.282. The Balaban J connectivity index is 2.24. The number of hydrogen-bond donors (Lipinski definition) is 3. The van der Waals surface area contributed by atoms with Crippen molar-refractivity contribution in [3.05, 3.63) is 46.1 Å². The van der Waals surface area contributed by atoms with Gasteiger partial charge in [0.05, 0.1) is 17.4 Å². The van der Waals surface area contributed by atoms with Crippen molar-refractivity contribution in [2.24, 2.45) is 0 Å². The maximum atomic E-state index is 12.9. The normalized spacial score (nSPS) is 11.5. The lowest BCUT2D eigenvalue weighted by Crippen LogP contribution is -2.21. The number of nitrogens with zero attached hydrogens (tertiary/aromatic N) is 1. The molecule has 24 heavy (non-hydrogen) atoms. The fraction of sp³-hybridized carbons (Fsp3) is 0.278. The van der Waals surface area contributed by atoms with Crippen LogP contribution in [0.3, 0.4) is 0 Å². The lowest BCUT2D eigenvalue weighted by atomic mass is 10.1. The molecule has 0 unspecified atom stereocenters. The fourth-order valence-corrected chi connectivity index (χ4v) is 2.68. The van der Waals surface area contributed by atoms with Crippen LogP contribution in [0.25, 0.3) is 21.9 Å². The van der Waals surface area contributed by atoms with E-state index < -0.39 is 0 Å². The zero-order valence-electron chi connectivity index (χ0n) is 13.7. The highest BCUT2D eigenvalue weighted by molar-refractivity contribution is 5.98. The van der Waals surface area contributed by atoms with Gasteiger partial charge in [-0.05, 0) is 38.4 Å². The van der Waals surface area contributed by atoms with Crippen molar-refractivity contribution >= 4 is 27.6 Å². The first-order valence-electron chi connectivity index (χ1n) is 7.72. The third-order valence-corrected chi connectivity index (χ3v) is 3.93. The highest BCUT2D eigenvalue weighted by Crippen LogP contribution is 2.29. The molecule has 0 radical (unpaired) electrons. The second-order valence-corrected chi connectivity index (χ2v) is 5.98. The first-order chi connectivity index (χ1) is 11.5. The van der Waals surface area contributed by atoms with E-state index >= 15 is 0 Å². The maximum absolute atomic E-state index is 12.9. The summed E-state index contributed by atoms with van der Waals surface area (Å²) in [7, 11) is 3.94. The third kappa shape index (κ3) is 2.93. The Morgan fingerprint density at radius 3 is 2.71 bits per heavy atom. The summed E-state index contributed by atoms with van der Waals surface area (Å²) in [6.07, 6.45) is 0. The summed E-state index contributed by atoms with van der Waals surface area (Å²) in [5.41, 5.74) is 1.73. The average molecular weight is 328 g/mol. The summed E-state index contributed by atoms with van der Waals surface area (Å²) >= 11 is 0. The second-order valence-electron chi connectivity index (χ2n) is 5.98. The first kappa shape index (κ1) is 16.3. The van der Waals surface area contributed by atoms with Crippen LogP contribution in [0.15, 0.2) is 39.5 Å². The van der Waals surface area contributed by atoms with Crippen LogP contribution in [0, 0.1) is 0 Å². The minimum atomic E-state index is -0.232. The molecule has 0 amide bonds. The molecule has 3 N–H and O–H groups in total. The Labute approximate surface area is 138 Å². The number of likely N-dealkylation sites (N-methyl/N-ethyl adjacent to an activating group) is 1. The van der Waals surface area contributed by atoms with Crippen molar-refractivity contribution in [2.45, 2.75) is 6.61 Å². The number of benzene rings is 2. The summed E-state index contributed by atoms with van der Waals surface area (Å²) < 4.78 is 5.85. The van der Waals surface area contributed by atoms with E-state index in [-0.39, 0.29) is 17.8 Å². The van der Waals surface area contributed by atoms with E-state index in [0.29, 0.717) is 39.7 Å². The molecule has 3 rings (SSSR count). The second kappa shape index (κ2) is 6.51. The highest BCUT2D eigenvalue weighted by Gasteiger charge is 2.15. The van der Waals surface area contributed by atoms with Gasteiger partial charge in [0, 0.05) is 24.3 Å². The molecular weight excluding hydrogens is 308 g/mol. The van der Waals surface area contributed by atoms with Gasteiger partial charge in [-0.15, -0.1) is 0 Å². The largest absolute Gasteiger partial charge is 0.508 e. The quantitative estimate of drug-likeness (QED) is 0.622.